The molecule has 0 aliphatic rings. The number of hydrogen-bond acceptors (Lipinski definition) is 8. The van der Waals surface area contributed by atoms with E-state index in [0.717, 1.165) is 53.1 Å². The summed E-state index contributed by atoms with van der Waals surface area (Å²) in [5.74, 6) is 2.90. The van der Waals surface area contributed by atoms with Gasteiger partial charge in [0.15, 0.2) is 16.8 Å². The first kappa shape index (κ1) is 22.0. The molecule has 1 atom stereocenters. The molecule has 0 aliphatic carbocycles. The fourth-order valence-electron chi connectivity index (χ4n) is 3.20. The van der Waals surface area contributed by atoms with Gasteiger partial charge in [-0.2, -0.15) is 4.98 Å². The zero-order chi connectivity index (χ0) is 22.3. The molecule has 9 heteroatoms. The highest BCUT2D eigenvalue weighted by molar-refractivity contribution is 7.99. The van der Waals surface area contributed by atoms with E-state index in [1.54, 1.807) is 12.4 Å². The predicted octanol–water partition coefficient (Wildman–Crippen LogP) is 5.31. The lowest BCUT2D eigenvalue weighted by Crippen LogP contribution is -2.01. The van der Waals surface area contributed by atoms with Crippen molar-refractivity contribution < 1.29 is 9.26 Å². The van der Waals surface area contributed by atoms with Gasteiger partial charge in [0.1, 0.15) is 5.75 Å². The summed E-state index contributed by atoms with van der Waals surface area (Å²) in [7, 11) is 0. The Labute approximate surface area is 191 Å². The number of rotatable bonds is 10. The Kier molecular flexibility index (Phi) is 7.16. The van der Waals surface area contributed by atoms with Gasteiger partial charge < -0.3 is 9.26 Å². The highest BCUT2D eigenvalue weighted by Crippen LogP contribution is 2.36. The summed E-state index contributed by atoms with van der Waals surface area (Å²) in [5.41, 5.74) is 1.87. The maximum Gasteiger partial charge on any atom is 0.239 e. The number of aryl methyl sites for hydroxylation is 1. The summed E-state index contributed by atoms with van der Waals surface area (Å²) in [6.07, 6.45) is 6.46. The van der Waals surface area contributed by atoms with E-state index in [1.807, 2.05) is 54.8 Å². The molecule has 1 aromatic carbocycles. The molecule has 4 aromatic rings. The lowest BCUT2D eigenvalue weighted by molar-refractivity contribution is 0.340. The molecule has 8 nitrogen and oxygen atoms in total. The van der Waals surface area contributed by atoms with Crippen LogP contribution in [0, 0.1) is 0 Å². The molecule has 3 heterocycles. The van der Waals surface area contributed by atoms with E-state index in [-0.39, 0.29) is 5.25 Å². The summed E-state index contributed by atoms with van der Waals surface area (Å²) < 4.78 is 13.1. The Hall–Kier alpha value is -3.20. The quantitative estimate of drug-likeness (QED) is 0.300. The largest absolute Gasteiger partial charge is 0.494 e. The lowest BCUT2D eigenvalue weighted by atomic mass is 10.2. The Morgan fingerprint density at radius 3 is 2.56 bits per heavy atom. The van der Waals surface area contributed by atoms with Crippen molar-refractivity contribution >= 4 is 11.8 Å². The average molecular weight is 451 g/mol. The van der Waals surface area contributed by atoms with Crippen molar-refractivity contribution in [3.63, 3.8) is 0 Å². The van der Waals surface area contributed by atoms with Crippen LogP contribution in [0.1, 0.15) is 50.6 Å². The van der Waals surface area contributed by atoms with Crippen molar-refractivity contribution in [1.29, 1.82) is 0 Å². The molecule has 4 rings (SSSR count). The fourth-order valence-corrected chi connectivity index (χ4v) is 4.10. The number of hydrogen-bond donors (Lipinski definition) is 0. The molecule has 0 saturated carbocycles. The van der Waals surface area contributed by atoms with Gasteiger partial charge in [-0.1, -0.05) is 30.3 Å². The molecule has 0 radical (unpaired) electrons. The molecule has 0 aliphatic heterocycles. The summed E-state index contributed by atoms with van der Waals surface area (Å²) >= 11 is 1.53. The van der Waals surface area contributed by atoms with Gasteiger partial charge in [0.05, 0.1) is 11.9 Å². The Bertz CT molecular complexity index is 1130. The minimum Gasteiger partial charge on any atom is -0.494 e. The molecule has 0 N–H and O–H groups in total. The van der Waals surface area contributed by atoms with Crippen molar-refractivity contribution in [2.45, 2.75) is 50.4 Å². The second kappa shape index (κ2) is 10.4. The topological polar surface area (TPSA) is 91.8 Å². The Morgan fingerprint density at radius 1 is 1.06 bits per heavy atom. The first-order valence-electron chi connectivity index (χ1n) is 10.8. The van der Waals surface area contributed by atoms with Crippen LogP contribution in [0.25, 0.3) is 17.1 Å². The molecule has 32 heavy (non-hydrogen) atoms. The first-order chi connectivity index (χ1) is 15.7. The van der Waals surface area contributed by atoms with E-state index in [2.05, 4.69) is 32.2 Å². The molecule has 166 valence electrons. The summed E-state index contributed by atoms with van der Waals surface area (Å²) in [5, 5.41) is 13.7. The van der Waals surface area contributed by atoms with Crippen molar-refractivity contribution in [1.82, 2.24) is 29.9 Å². The van der Waals surface area contributed by atoms with Crippen LogP contribution in [0.5, 0.6) is 5.75 Å². The van der Waals surface area contributed by atoms with Crippen LogP contribution in [0.3, 0.4) is 0 Å². The highest BCUT2D eigenvalue weighted by atomic mass is 32.2. The van der Waals surface area contributed by atoms with Crippen LogP contribution in [0.15, 0.2) is 58.5 Å². The van der Waals surface area contributed by atoms with Crippen molar-refractivity contribution in [2.24, 2.45) is 0 Å². The van der Waals surface area contributed by atoms with Crippen molar-refractivity contribution in [3.05, 3.63) is 60.5 Å². The molecule has 0 saturated heterocycles. The predicted molar refractivity (Wildman–Crippen MR) is 123 cm³/mol. The molecule has 3 aromatic heterocycles. The number of unbranched alkanes of at least 4 members (excludes halogenated alkanes) is 1. The minimum absolute atomic E-state index is 0.0752. The van der Waals surface area contributed by atoms with Crippen molar-refractivity contribution in [3.8, 4) is 22.8 Å². The lowest BCUT2D eigenvalue weighted by Gasteiger charge is -2.12. The van der Waals surface area contributed by atoms with Gasteiger partial charge in [0.2, 0.25) is 5.89 Å². The van der Waals surface area contributed by atoms with Gasteiger partial charge in [-0.25, -0.2) is 0 Å². The maximum absolute atomic E-state index is 5.59. The van der Waals surface area contributed by atoms with Crippen molar-refractivity contribution in [2.75, 3.05) is 6.61 Å². The van der Waals surface area contributed by atoms with Gasteiger partial charge in [-0.3, -0.25) is 9.55 Å². The third-order valence-corrected chi connectivity index (χ3v) is 5.88. The summed E-state index contributed by atoms with van der Waals surface area (Å²) in [6.45, 7) is 6.77. The highest BCUT2D eigenvalue weighted by Gasteiger charge is 2.22. The molecule has 0 amide bonds. The Morgan fingerprint density at radius 2 is 1.84 bits per heavy atom. The van der Waals surface area contributed by atoms with E-state index >= 15 is 0 Å². The molecule has 0 bridgehead atoms. The van der Waals surface area contributed by atoms with E-state index in [1.165, 1.54) is 11.8 Å². The second-order valence-corrected chi connectivity index (χ2v) is 8.52. The van der Waals surface area contributed by atoms with E-state index in [0.29, 0.717) is 12.5 Å². The number of ether oxygens (including phenoxy) is 1. The normalized spacial score (nSPS) is 12.1. The van der Waals surface area contributed by atoms with E-state index in [9.17, 15) is 0 Å². The van der Waals surface area contributed by atoms with E-state index < -0.39 is 0 Å². The standard InChI is InChI=1S/C23H26N6O2S/c1-4-6-7-20-25-22(31-28-20)16(3)32-23-27-26-21(17-12-14-24-15-13-17)29(23)18-8-10-19(11-9-18)30-5-2/h8-16H,4-7H2,1-3H3/t16-/m0/s1. The minimum atomic E-state index is -0.0752. The van der Waals surface area contributed by atoms with Gasteiger partial charge in [-0.05, 0) is 56.7 Å². The SMILES string of the molecule is CCCCc1noc([C@H](C)Sc2nnc(-c3ccncc3)n2-c2ccc(OCC)cc2)n1. The number of pyridine rings is 1. The average Bonchev–Trinajstić information content (AvgIpc) is 3.46. The van der Waals surface area contributed by atoms with Crippen LogP contribution in [-0.4, -0.2) is 36.5 Å². The smallest absolute Gasteiger partial charge is 0.239 e. The first-order valence-corrected chi connectivity index (χ1v) is 11.7. The van der Waals surface area contributed by atoms with E-state index in [4.69, 9.17) is 9.26 Å². The molecular formula is C23H26N6O2S. The second-order valence-electron chi connectivity index (χ2n) is 7.22. The zero-order valence-electron chi connectivity index (χ0n) is 18.4. The molecular weight excluding hydrogens is 424 g/mol. The number of aromatic nitrogens is 6. The third kappa shape index (κ3) is 4.99. The molecule has 0 unspecified atom stereocenters. The van der Waals surface area contributed by atoms with Crippen LogP contribution in [0.4, 0.5) is 0 Å². The monoisotopic (exact) mass is 450 g/mol. The van der Waals surface area contributed by atoms with Crippen LogP contribution < -0.4 is 4.74 Å². The Balaban J connectivity index is 1.66. The number of benzene rings is 1. The van der Waals surface area contributed by atoms with Gasteiger partial charge in [0.25, 0.3) is 0 Å². The van der Waals surface area contributed by atoms with Crippen LogP contribution >= 0.6 is 11.8 Å². The number of nitrogens with zero attached hydrogens (tertiary/aromatic N) is 6. The fraction of sp³-hybridized carbons (Fsp3) is 0.348. The van der Waals surface area contributed by atoms with Gasteiger partial charge in [-0.15, -0.1) is 10.2 Å². The van der Waals surface area contributed by atoms with Gasteiger partial charge in [0, 0.05) is 30.1 Å². The zero-order valence-corrected chi connectivity index (χ0v) is 19.2. The third-order valence-electron chi connectivity index (χ3n) is 4.85. The number of thioether (sulfide) groups is 1. The van der Waals surface area contributed by atoms with Crippen LogP contribution in [-0.2, 0) is 6.42 Å². The van der Waals surface area contributed by atoms with Gasteiger partial charge >= 0.3 is 0 Å². The maximum atomic E-state index is 5.59. The molecule has 0 fully saturated rings. The molecule has 0 spiro atoms. The summed E-state index contributed by atoms with van der Waals surface area (Å²) in [6, 6.07) is 11.7. The summed E-state index contributed by atoms with van der Waals surface area (Å²) in [4.78, 5) is 8.68. The van der Waals surface area contributed by atoms with Crippen LogP contribution in [0.2, 0.25) is 0 Å².